The monoisotopic (exact) mass is 253 g/mol. The zero-order valence-corrected chi connectivity index (χ0v) is 7.77. The standard InChI is InChI=1S/C6H5ClIN/c1-4-2-6(8)5(7)3-9-4/h2-3H,1H3. The molecule has 48 valence electrons. The molecule has 1 heterocycles. The maximum Gasteiger partial charge on any atom is 0.0722 e. The largest absolute Gasteiger partial charge is 0.260 e. The van der Waals surface area contributed by atoms with Gasteiger partial charge in [0, 0.05) is 15.5 Å². The smallest absolute Gasteiger partial charge is 0.0722 e. The minimum Gasteiger partial charge on any atom is -0.260 e. The third-order valence-corrected chi connectivity index (χ3v) is 2.46. The molecule has 1 aromatic rings. The van der Waals surface area contributed by atoms with Crippen molar-refractivity contribution in [1.82, 2.24) is 4.98 Å². The van der Waals surface area contributed by atoms with Gasteiger partial charge in [0.15, 0.2) is 0 Å². The Hall–Kier alpha value is 0.170. The van der Waals surface area contributed by atoms with Gasteiger partial charge in [0.05, 0.1) is 5.02 Å². The first-order valence-corrected chi connectivity index (χ1v) is 3.93. The minimum absolute atomic E-state index is 0.723. The van der Waals surface area contributed by atoms with Crippen molar-refractivity contribution >= 4 is 34.2 Å². The zero-order valence-electron chi connectivity index (χ0n) is 4.86. The lowest BCUT2D eigenvalue weighted by atomic mass is 10.4. The van der Waals surface area contributed by atoms with Gasteiger partial charge in [-0.3, -0.25) is 4.98 Å². The molecule has 1 aromatic heterocycles. The second-order valence-electron chi connectivity index (χ2n) is 1.74. The van der Waals surface area contributed by atoms with Gasteiger partial charge in [0.2, 0.25) is 0 Å². The molecule has 0 unspecified atom stereocenters. The number of halogens is 2. The highest BCUT2D eigenvalue weighted by Gasteiger charge is 1.94. The van der Waals surface area contributed by atoms with E-state index in [1.165, 1.54) is 0 Å². The van der Waals surface area contributed by atoms with Crippen molar-refractivity contribution < 1.29 is 0 Å². The second kappa shape index (κ2) is 2.84. The molecule has 0 aliphatic carbocycles. The van der Waals surface area contributed by atoms with Crippen LogP contribution in [0, 0.1) is 10.5 Å². The summed E-state index contributed by atoms with van der Waals surface area (Å²) in [6.45, 7) is 1.94. The summed E-state index contributed by atoms with van der Waals surface area (Å²) >= 11 is 7.89. The molecule has 0 amide bonds. The first-order chi connectivity index (χ1) is 4.20. The average molecular weight is 253 g/mol. The number of hydrogen-bond donors (Lipinski definition) is 0. The molecule has 0 bridgehead atoms. The summed E-state index contributed by atoms with van der Waals surface area (Å²) in [5, 5.41) is 0.723. The van der Waals surface area contributed by atoms with E-state index in [0.29, 0.717) is 0 Å². The van der Waals surface area contributed by atoms with Gasteiger partial charge in [-0.25, -0.2) is 0 Å². The highest BCUT2D eigenvalue weighted by atomic mass is 127. The zero-order chi connectivity index (χ0) is 6.85. The van der Waals surface area contributed by atoms with Gasteiger partial charge in [-0.2, -0.15) is 0 Å². The molecule has 0 fully saturated rings. The Kier molecular flexibility index (Phi) is 2.29. The molecule has 9 heavy (non-hydrogen) atoms. The van der Waals surface area contributed by atoms with Crippen molar-refractivity contribution in [1.29, 1.82) is 0 Å². The van der Waals surface area contributed by atoms with Gasteiger partial charge in [0.25, 0.3) is 0 Å². The number of rotatable bonds is 0. The Bertz CT molecular complexity index is 224. The van der Waals surface area contributed by atoms with E-state index in [2.05, 4.69) is 27.6 Å². The van der Waals surface area contributed by atoms with Gasteiger partial charge in [0.1, 0.15) is 0 Å². The van der Waals surface area contributed by atoms with Crippen LogP contribution in [-0.2, 0) is 0 Å². The molecular formula is C6H5ClIN. The van der Waals surface area contributed by atoms with Crippen molar-refractivity contribution in [2.75, 3.05) is 0 Å². The van der Waals surface area contributed by atoms with Crippen LogP contribution in [0.2, 0.25) is 5.02 Å². The number of hydrogen-bond acceptors (Lipinski definition) is 1. The average Bonchev–Trinajstić information content (AvgIpc) is 1.80. The van der Waals surface area contributed by atoms with Crippen LogP contribution in [0.1, 0.15) is 5.69 Å². The summed E-state index contributed by atoms with van der Waals surface area (Å²) in [5.74, 6) is 0. The highest BCUT2D eigenvalue weighted by molar-refractivity contribution is 14.1. The molecule has 0 aliphatic heterocycles. The van der Waals surface area contributed by atoms with Crippen LogP contribution in [0.3, 0.4) is 0 Å². The molecule has 0 spiro atoms. The molecular weight excluding hydrogens is 248 g/mol. The second-order valence-corrected chi connectivity index (χ2v) is 3.31. The molecule has 0 saturated heterocycles. The molecule has 0 atom stereocenters. The van der Waals surface area contributed by atoms with Gasteiger partial charge in [-0.1, -0.05) is 11.6 Å². The summed E-state index contributed by atoms with van der Waals surface area (Å²) in [7, 11) is 0. The molecule has 1 rings (SSSR count). The van der Waals surface area contributed by atoms with E-state index in [1.54, 1.807) is 6.20 Å². The van der Waals surface area contributed by atoms with Crippen molar-refractivity contribution in [2.45, 2.75) is 6.92 Å². The van der Waals surface area contributed by atoms with Crippen molar-refractivity contribution in [2.24, 2.45) is 0 Å². The molecule has 0 aromatic carbocycles. The third kappa shape index (κ3) is 1.79. The van der Waals surface area contributed by atoms with Crippen LogP contribution in [0.5, 0.6) is 0 Å². The van der Waals surface area contributed by atoms with Crippen LogP contribution in [0.4, 0.5) is 0 Å². The quantitative estimate of drug-likeness (QED) is 0.648. The summed E-state index contributed by atoms with van der Waals surface area (Å²) in [6.07, 6.45) is 1.67. The molecule has 0 aliphatic rings. The lowest BCUT2D eigenvalue weighted by Gasteiger charge is -1.93. The predicted octanol–water partition coefficient (Wildman–Crippen LogP) is 2.65. The molecule has 0 saturated carbocycles. The number of nitrogens with zero attached hydrogens (tertiary/aromatic N) is 1. The third-order valence-electron chi connectivity index (χ3n) is 0.945. The van der Waals surface area contributed by atoms with E-state index in [4.69, 9.17) is 11.6 Å². The maximum absolute atomic E-state index is 5.71. The van der Waals surface area contributed by atoms with Crippen LogP contribution in [0.25, 0.3) is 0 Å². The van der Waals surface area contributed by atoms with E-state index in [9.17, 15) is 0 Å². The van der Waals surface area contributed by atoms with Crippen molar-refractivity contribution in [3.05, 3.63) is 26.5 Å². The van der Waals surface area contributed by atoms with Gasteiger partial charge in [-0.15, -0.1) is 0 Å². The van der Waals surface area contributed by atoms with Crippen LogP contribution < -0.4 is 0 Å². The SMILES string of the molecule is Cc1cc(I)c(Cl)cn1. The van der Waals surface area contributed by atoms with Crippen molar-refractivity contribution in [3.63, 3.8) is 0 Å². The van der Waals surface area contributed by atoms with E-state index < -0.39 is 0 Å². The highest BCUT2D eigenvalue weighted by Crippen LogP contribution is 2.16. The predicted molar refractivity (Wildman–Crippen MR) is 46.7 cm³/mol. The number of aryl methyl sites for hydroxylation is 1. The van der Waals surface area contributed by atoms with Crippen LogP contribution >= 0.6 is 34.2 Å². The summed E-state index contributed by atoms with van der Waals surface area (Å²) in [4.78, 5) is 4.00. The van der Waals surface area contributed by atoms with Crippen molar-refractivity contribution in [3.8, 4) is 0 Å². The fourth-order valence-electron chi connectivity index (χ4n) is 0.510. The fraction of sp³-hybridized carbons (Fsp3) is 0.167. The van der Waals surface area contributed by atoms with Gasteiger partial charge >= 0.3 is 0 Å². The summed E-state index contributed by atoms with van der Waals surface area (Å²) < 4.78 is 1.06. The normalized spacial score (nSPS) is 9.67. The lowest BCUT2D eigenvalue weighted by molar-refractivity contribution is 1.19. The number of aromatic nitrogens is 1. The Morgan fingerprint density at radius 3 is 2.78 bits per heavy atom. The first kappa shape index (κ1) is 7.28. The molecule has 1 nitrogen and oxygen atoms in total. The minimum atomic E-state index is 0.723. The van der Waals surface area contributed by atoms with E-state index in [0.717, 1.165) is 14.3 Å². The molecule has 0 N–H and O–H groups in total. The summed E-state index contributed by atoms with van der Waals surface area (Å²) in [5.41, 5.74) is 1.00. The molecule has 3 heteroatoms. The fourth-order valence-corrected chi connectivity index (χ4v) is 1.20. The Labute approximate surface area is 72.6 Å². The van der Waals surface area contributed by atoms with Gasteiger partial charge < -0.3 is 0 Å². The first-order valence-electron chi connectivity index (χ1n) is 2.48. The molecule has 0 radical (unpaired) electrons. The van der Waals surface area contributed by atoms with Crippen LogP contribution in [0.15, 0.2) is 12.3 Å². The van der Waals surface area contributed by atoms with Gasteiger partial charge in [-0.05, 0) is 35.6 Å². The van der Waals surface area contributed by atoms with E-state index in [1.807, 2.05) is 13.0 Å². The lowest BCUT2D eigenvalue weighted by Crippen LogP contribution is -1.81. The Morgan fingerprint density at radius 1 is 1.67 bits per heavy atom. The maximum atomic E-state index is 5.71. The summed E-state index contributed by atoms with van der Waals surface area (Å²) in [6, 6.07) is 1.95. The Morgan fingerprint density at radius 2 is 2.33 bits per heavy atom. The number of pyridine rings is 1. The van der Waals surface area contributed by atoms with E-state index >= 15 is 0 Å². The Balaban J connectivity index is 3.17. The topological polar surface area (TPSA) is 12.9 Å². The van der Waals surface area contributed by atoms with E-state index in [-0.39, 0.29) is 0 Å². The van der Waals surface area contributed by atoms with Crippen LogP contribution in [-0.4, -0.2) is 4.98 Å².